The highest BCUT2D eigenvalue weighted by molar-refractivity contribution is 6.07. The molecule has 4 aromatic rings. The number of methoxy groups -OCH3 is 1. The van der Waals surface area contributed by atoms with Crippen molar-refractivity contribution < 1.29 is 14.8 Å². The summed E-state index contributed by atoms with van der Waals surface area (Å²) in [5, 5.41) is 22.9. The minimum absolute atomic E-state index is 0.293. The van der Waals surface area contributed by atoms with Crippen molar-refractivity contribution >= 4 is 23.6 Å². The first kappa shape index (κ1) is 29.8. The van der Waals surface area contributed by atoms with E-state index in [4.69, 9.17) is 25.0 Å². The molecule has 0 unspecified atom stereocenters. The van der Waals surface area contributed by atoms with Gasteiger partial charge < -0.3 is 25.5 Å². The van der Waals surface area contributed by atoms with Crippen molar-refractivity contribution in [2.45, 2.75) is 32.4 Å². The lowest BCUT2D eigenvalue weighted by Crippen LogP contribution is -2.80. The molecule has 2 aliphatic rings. The van der Waals surface area contributed by atoms with Crippen LogP contribution >= 0.6 is 0 Å². The van der Waals surface area contributed by atoms with E-state index in [0.717, 1.165) is 90.5 Å². The highest BCUT2D eigenvalue weighted by Gasteiger charge is 2.27. The van der Waals surface area contributed by atoms with E-state index in [1.807, 2.05) is 34.9 Å². The van der Waals surface area contributed by atoms with Gasteiger partial charge in [-0.3, -0.25) is 14.3 Å². The summed E-state index contributed by atoms with van der Waals surface area (Å²) >= 11 is 0. The number of ether oxygens (including phenoxy) is 2. The molecule has 0 saturated carbocycles. The number of nitrogens with zero attached hydrogens (tertiary/aromatic N) is 7. The van der Waals surface area contributed by atoms with Crippen LogP contribution in [0.5, 0.6) is 0 Å². The fraction of sp³-hybridized carbons (Fsp3) is 0.406. The summed E-state index contributed by atoms with van der Waals surface area (Å²) in [6.45, 7) is 8.09. The third-order valence-corrected chi connectivity index (χ3v) is 8.14. The third kappa shape index (κ3) is 6.63. The van der Waals surface area contributed by atoms with Gasteiger partial charge in [0.15, 0.2) is 5.82 Å². The molecule has 1 aliphatic carbocycles. The second-order valence-corrected chi connectivity index (χ2v) is 11.3. The highest BCUT2D eigenvalue weighted by Crippen LogP contribution is 2.39. The average molecular weight is 598 g/mol. The van der Waals surface area contributed by atoms with E-state index in [2.05, 4.69) is 63.0 Å². The standard InChI is InChI=1S/C32H40N10O2/c1-22-21-41(14-17-44-22)13-11-34-19-26(18-33)23-4-6-24(7-5-23)31-29-27(38-40(31)2)9-8-25-20-35-32(37-30(25)29)36-28-10-12-42(39-28)15-16-43-3/h4-7,10,12,18-20,22,33-34H,8-9,11,13-17,21H2,1-3H3,(H,35,36,37,39)/p+1/b26-19+,33-18?/t22-/m0/s1. The van der Waals surface area contributed by atoms with E-state index >= 15 is 0 Å². The molecule has 3 aromatic heterocycles. The topological polar surface area (TPSA) is 136 Å². The van der Waals surface area contributed by atoms with Gasteiger partial charge in [0.05, 0.1) is 55.1 Å². The number of quaternary nitrogens is 1. The zero-order valence-corrected chi connectivity index (χ0v) is 25.7. The van der Waals surface area contributed by atoms with Crippen LogP contribution in [0, 0.1) is 5.41 Å². The van der Waals surface area contributed by atoms with Crippen molar-refractivity contribution in [2.24, 2.45) is 7.05 Å². The maximum Gasteiger partial charge on any atom is 0.228 e. The van der Waals surface area contributed by atoms with E-state index in [1.165, 1.54) is 6.21 Å². The summed E-state index contributed by atoms with van der Waals surface area (Å²) in [5.74, 6) is 1.18. The molecule has 6 rings (SSSR count). The van der Waals surface area contributed by atoms with Crippen LogP contribution in [0.3, 0.4) is 0 Å². The molecular weight excluding hydrogens is 556 g/mol. The van der Waals surface area contributed by atoms with E-state index < -0.39 is 0 Å². The minimum atomic E-state index is 0.293. The molecular formula is C32H41N10O2+. The van der Waals surface area contributed by atoms with Gasteiger partial charge in [-0.1, -0.05) is 24.3 Å². The predicted octanol–water partition coefficient (Wildman–Crippen LogP) is 2.50. The van der Waals surface area contributed by atoms with Crippen molar-refractivity contribution in [2.75, 3.05) is 51.8 Å². The number of morpholine rings is 1. The third-order valence-electron chi connectivity index (χ3n) is 8.14. The number of hydrogen-bond donors (Lipinski definition) is 3. The number of hydrogen-bond acceptors (Lipinski definition) is 9. The molecule has 44 heavy (non-hydrogen) atoms. The Labute approximate surface area is 257 Å². The molecule has 1 atom stereocenters. The predicted molar refractivity (Wildman–Crippen MR) is 170 cm³/mol. The largest absolute Gasteiger partial charge is 0.383 e. The Hall–Kier alpha value is -4.23. The first-order chi connectivity index (χ1) is 21.5. The molecule has 0 radical (unpaired) electrons. The molecule has 4 N–H and O–H groups in total. The molecule has 4 heterocycles. The Kier molecular flexibility index (Phi) is 9.22. The lowest BCUT2D eigenvalue weighted by atomic mass is 9.91. The average Bonchev–Trinajstić information content (AvgIpc) is 3.63. The summed E-state index contributed by atoms with van der Waals surface area (Å²) in [6.07, 6.45) is 9.28. The molecule has 1 fully saturated rings. The molecule has 1 aliphatic heterocycles. The lowest BCUT2D eigenvalue weighted by molar-refractivity contribution is -0.586. The van der Waals surface area contributed by atoms with Crippen LogP contribution in [0.2, 0.25) is 0 Å². The minimum Gasteiger partial charge on any atom is -0.383 e. The van der Waals surface area contributed by atoms with Gasteiger partial charge in [-0.25, -0.2) is 9.97 Å². The Bertz CT molecular complexity index is 1620. The maximum absolute atomic E-state index is 8.03. The molecule has 0 bridgehead atoms. The smallest absolute Gasteiger partial charge is 0.228 e. The molecule has 0 amide bonds. The van der Waals surface area contributed by atoms with Crippen molar-refractivity contribution in [3.8, 4) is 22.5 Å². The molecule has 1 saturated heterocycles. The van der Waals surface area contributed by atoms with Crippen LogP contribution in [-0.2, 0) is 35.9 Å². The molecule has 0 spiro atoms. The maximum atomic E-state index is 8.03. The summed E-state index contributed by atoms with van der Waals surface area (Å²) in [7, 11) is 3.67. The molecule has 1 aromatic carbocycles. The Morgan fingerprint density at radius 3 is 2.84 bits per heavy atom. The number of fused-ring (bicyclic) bond motifs is 3. The molecule has 12 nitrogen and oxygen atoms in total. The van der Waals surface area contributed by atoms with E-state index in [0.29, 0.717) is 31.0 Å². The lowest BCUT2D eigenvalue weighted by Gasteiger charge is -2.30. The number of benzene rings is 1. The number of aryl methyl sites for hydroxylation is 3. The first-order valence-electron chi connectivity index (χ1n) is 15.2. The van der Waals surface area contributed by atoms with Crippen LogP contribution in [0.1, 0.15) is 23.7 Å². The summed E-state index contributed by atoms with van der Waals surface area (Å²) < 4.78 is 14.6. The van der Waals surface area contributed by atoms with Gasteiger partial charge in [-0.15, -0.1) is 0 Å². The second-order valence-electron chi connectivity index (χ2n) is 11.3. The van der Waals surface area contributed by atoms with Gasteiger partial charge in [0.2, 0.25) is 5.95 Å². The monoisotopic (exact) mass is 597 g/mol. The normalized spacial score (nSPS) is 16.9. The fourth-order valence-corrected chi connectivity index (χ4v) is 5.92. The van der Waals surface area contributed by atoms with Gasteiger partial charge in [0.25, 0.3) is 0 Å². The second kappa shape index (κ2) is 13.6. The number of anilines is 2. The van der Waals surface area contributed by atoms with Crippen LogP contribution in [0.25, 0.3) is 28.1 Å². The van der Waals surface area contributed by atoms with Gasteiger partial charge in [-0.2, -0.15) is 10.2 Å². The van der Waals surface area contributed by atoms with Crippen LogP contribution < -0.4 is 10.6 Å². The van der Waals surface area contributed by atoms with Crippen LogP contribution in [0.4, 0.5) is 11.8 Å². The van der Waals surface area contributed by atoms with E-state index in [1.54, 1.807) is 7.11 Å². The summed E-state index contributed by atoms with van der Waals surface area (Å²) in [5.41, 5.74) is 8.07. The van der Waals surface area contributed by atoms with Gasteiger partial charge in [-0.05, 0) is 30.9 Å². The first-order valence-corrected chi connectivity index (χ1v) is 15.2. The fourth-order valence-electron chi connectivity index (χ4n) is 5.92. The Morgan fingerprint density at radius 1 is 1.18 bits per heavy atom. The summed E-state index contributed by atoms with van der Waals surface area (Å²) in [4.78, 5) is 12.0. The highest BCUT2D eigenvalue weighted by atomic mass is 16.5. The molecule has 230 valence electrons. The zero-order valence-electron chi connectivity index (χ0n) is 25.7. The number of aromatic nitrogens is 6. The van der Waals surface area contributed by atoms with E-state index in [9.17, 15) is 0 Å². The number of allylic oxidation sites excluding steroid dienone is 1. The number of nitrogens with one attached hydrogen (secondary N) is 2. The summed E-state index contributed by atoms with van der Waals surface area (Å²) in [6, 6.07) is 10.3. The number of nitrogens with two attached hydrogens (primary N) is 1. The quantitative estimate of drug-likeness (QED) is 0.168. The van der Waals surface area contributed by atoms with Gasteiger partial charge >= 0.3 is 0 Å². The SMILES string of the molecule is COCCn1ccc(Nc2ncc3c(n2)-c2c(nn(C)c2-c2ccc(/C(C=N)=C/[NH2+]CCN4CCO[C@@H](C)C4)cc2)CC3)n1. The Morgan fingerprint density at radius 2 is 2.05 bits per heavy atom. The van der Waals surface area contributed by atoms with Crippen LogP contribution in [0.15, 0.2) is 48.9 Å². The van der Waals surface area contributed by atoms with Crippen LogP contribution in [-0.4, -0.2) is 93.2 Å². The number of rotatable bonds is 12. The molecule has 12 heteroatoms. The van der Waals surface area contributed by atoms with Crippen molar-refractivity contribution in [1.82, 2.24) is 34.4 Å². The van der Waals surface area contributed by atoms with Crippen molar-refractivity contribution in [3.63, 3.8) is 0 Å². The van der Waals surface area contributed by atoms with Gasteiger partial charge in [0.1, 0.15) is 6.20 Å². The zero-order chi connectivity index (χ0) is 30.5. The van der Waals surface area contributed by atoms with E-state index in [-0.39, 0.29) is 0 Å². The Balaban J connectivity index is 1.19. The van der Waals surface area contributed by atoms with Crippen molar-refractivity contribution in [1.29, 1.82) is 5.41 Å². The van der Waals surface area contributed by atoms with Crippen molar-refractivity contribution in [3.05, 3.63) is 65.7 Å². The van der Waals surface area contributed by atoms with Gasteiger partial charge in [0, 0.05) is 69.6 Å².